The van der Waals surface area contributed by atoms with E-state index in [1.807, 2.05) is 0 Å². The molecule has 11 heteroatoms. The number of benzene rings is 2. The van der Waals surface area contributed by atoms with Crippen LogP contribution < -0.4 is 10.3 Å². The molecule has 1 aromatic heterocycles. The van der Waals surface area contributed by atoms with Crippen LogP contribution in [0, 0.1) is 0 Å². The molecule has 3 rings (SSSR count). The molecule has 1 amide bonds. The van der Waals surface area contributed by atoms with Gasteiger partial charge < -0.3 is 4.84 Å². The van der Waals surface area contributed by atoms with Crippen molar-refractivity contribution in [3.63, 3.8) is 0 Å². The van der Waals surface area contributed by atoms with E-state index in [2.05, 4.69) is 20.9 Å². The molecule has 7 nitrogen and oxygen atoms in total. The number of rotatable bonds is 4. The van der Waals surface area contributed by atoms with Crippen molar-refractivity contribution in [2.75, 3.05) is 0 Å². The van der Waals surface area contributed by atoms with Crippen LogP contribution in [0.1, 0.15) is 12.5 Å². The van der Waals surface area contributed by atoms with E-state index >= 15 is 0 Å². The number of nitrogens with one attached hydrogen (secondary N) is 1. The van der Waals surface area contributed by atoms with E-state index in [1.54, 1.807) is 19.2 Å². The summed E-state index contributed by atoms with van der Waals surface area (Å²) in [5, 5.41) is 11.3. The number of carbonyl (C=O) groups is 1. The van der Waals surface area contributed by atoms with Crippen LogP contribution in [0.3, 0.4) is 0 Å². The smallest absolute Gasteiger partial charge is 0.379 e. The summed E-state index contributed by atoms with van der Waals surface area (Å²) in [6.07, 6.45) is -4.65. The van der Waals surface area contributed by atoms with Crippen LogP contribution in [-0.4, -0.2) is 26.1 Å². The second-order valence-corrected chi connectivity index (χ2v) is 6.14. The van der Waals surface area contributed by atoms with Crippen LogP contribution in [0.15, 0.2) is 36.4 Å². The first kappa shape index (κ1) is 19.6. The minimum absolute atomic E-state index is 0.107. The Morgan fingerprint density at radius 1 is 1.25 bits per heavy atom. The van der Waals surface area contributed by atoms with Gasteiger partial charge in [0, 0.05) is 18.1 Å². The molecule has 146 valence electrons. The van der Waals surface area contributed by atoms with Crippen LogP contribution in [0.2, 0.25) is 5.02 Å². The van der Waals surface area contributed by atoms with Crippen molar-refractivity contribution in [3.05, 3.63) is 47.0 Å². The molecule has 0 radical (unpaired) electrons. The van der Waals surface area contributed by atoms with Crippen molar-refractivity contribution in [2.45, 2.75) is 13.1 Å². The van der Waals surface area contributed by atoms with Crippen molar-refractivity contribution in [1.82, 2.24) is 25.7 Å². The van der Waals surface area contributed by atoms with Gasteiger partial charge in [-0.1, -0.05) is 29.8 Å². The third-order valence-electron chi connectivity index (χ3n) is 3.64. The number of carbonyl (C=O) groups excluding carboxylic acids is 1. The van der Waals surface area contributed by atoms with Crippen molar-refractivity contribution in [1.29, 1.82) is 0 Å². The first-order valence-electron chi connectivity index (χ1n) is 7.84. The van der Waals surface area contributed by atoms with Crippen LogP contribution in [0.5, 0.6) is 5.75 Å². The van der Waals surface area contributed by atoms with Gasteiger partial charge in [0.1, 0.15) is 0 Å². The third-order valence-corrected chi connectivity index (χ3v) is 3.97. The van der Waals surface area contributed by atoms with Crippen molar-refractivity contribution in [2.24, 2.45) is 7.05 Å². The molecule has 0 aliphatic carbocycles. The maximum absolute atomic E-state index is 13.3. The van der Waals surface area contributed by atoms with E-state index in [0.717, 1.165) is 12.1 Å². The summed E-state index contributed by atoms with van der Waals surface area (Å²) in [6, 6.07) is 8.14. The number of aromatic nitrogens is 4. The predicted molar refractivity (Wildman–Crippen MR) is 94.1 cm³/mol. The first-order valence-corrected chi connectivity index (χ1v) is 8.22. The number of hydrogen-bond donors (Lipinski definition) is 1. The Morgan fingerprint density at radius 2 is 2.00 bits per heavy atom. The summed E-state index contributed by atoms with van der Waals surface area (Å²) >= 11 is 5.72. The Labute approximate surface area is 162 Å². The average Bonchev–Trinajstić information content (AvgIpc) is 3.05. The summed E-state index contributed by atoms with van der Waals surface area (Å²) in [5.74, 6) is -0.203. The van der Waals surface area contributed by atoms with Crippen molar-refractivity contribution in [3.8, 4) is 28.3 Å². The fourth-order valence-electron chi connectivity index (χ4n) is 2.52. The van der Waals surface area contributed by atoms with Gasteiger partial charge in [-0.3, -0.25) is 4.79 Å². The van der Waals surface area contributed by atoms with E-state index in [1.165, 1.54) is 23.9 Å². The van der Waals surface area contributed by atoms with Gasteiger partial charge in [0.25, 0.3) is 0 Å². The van der Waals surface area contributed by atoms with Gasteiger partial charge in [0.15, 0.2) is 5.75 Å². The standard InChI is InChI=1S/C17H13ClF3N5O2/c1-9(27)24-28-14-5-3-4-11(16-22-25-26(2)23-16)15(14)10-6-7-13(18)12(8-10)17(19,20)21/h3-8H,1-2H3,(H,24,27). The molecular formula is C17H13ClF3N5O2. The molecule has 2 aromatic carbocycles. The molecule has 0 fully saturated rings. The van der Waals surface area contributed by atoms with Crippen LogP contribution in [0.25, 0.3) is 22.5 Å². The van der Waals surface area contributed by atoms with E-state index in [9.17, 15) is 18.0 Å². The van der Waals surface area contributed by atoms with Gasteiger partial charge >= 0.3 is 6.18 Å². The molecule has 0 unspecified atom stereocenters. The van der Waals surface area contributed by atoms with Gasteiger partial charge in [0.2, 0.25) is 11.7 Å². The number of halogens is 4. The Hall–Kier alpha value is -3.14. The fraction of sp³-hybridized carbons (Fsp3) is 0.176. The highest BCUT2D eigenvalue weighted by Crippen LogP contribution is 2.42. The second-order valence-electron chi connectivity index (χ2n) is 5.73. The maximum Gasteiger partial charge on any atom is 0.417 e. The number of nitrogens with zero attached hydrogens (tertiary/aromatic N) is 4. The molecular weight excluding hydrogens is 399 g/mol. The lowest BCUT2D eigenvalue weighted by atomic mass is 9.96. The zero-order valence-electron chi connectivity index (χ0n) is 14.6. The Morgan fingerprint density at radius 3 is 2.61 bits per heavy atom. The topological polar surface area (TPSA) is 81.9 Å². The largest absolute Gasteiger partial charge is 0.417 e. The number of hydrogen-bond acceptors (Lipinski definition) is 5. The minimum Gasteiger partial charge on any atom is -0.379 e. The molecule has 1 heterocycles. The van der Waals surface area contributed by atoms with Crippen LogP contribution in [-0.2, 0) is 18.0 Å². The summed E-state index contributed by atoms with van der Waals surface area (Å²) in [4.78, 5) is 17.7. The Kier molecular flexibility index (Phi) is 5.23. The second kappa shape index (κ2) is 7.47. The number of tetrazole rings is 1. The SMILES string of the molecule is CC(=O)NOc1cccc(-c2nnn(C)n2)c1-c1ccc(Cl)c(C(F)(F)F)c1. The minimum atomic E-state index is -4.65. The number of alkyl halides is 3. The molecule has 0 saturated carbocycles. The maximum atomic E-state index is 13.3. The van der Waals surface area contributed by atoms with Gasteiger partial charge in [-0.15, -0.1) is 10.2 Å². The quantitative estimate of drug-likeness (QED) is 0.663. The highest BCUT2D eigenvalue weighted by atomic mass is 35.5. The summed E-state index contributed by atoms with van der Waals surface area (Å²) in [6.45, 7) is 1.23. The molecule has 0 aliphatic rings. The third kappa shape index (κ3) is 4.06. The van der Waals surface area contributed by atoms with E-state index in [-0.39, 0.29) is 22.7 Å². The zero-order valence-corrected chi connectivity index (χ0v) is 15.3. The number of hydroxylamine groups is 1. The summed E-state index contributed by atoms with van der Waals surface area (Å²) < 4.78 is 39.9. The molecule has 0 atom stereocenters. The van der Waals surface area contributed by atoms with E-state index in [4.69, 9.17) is 16.4 Å². The normalized spacial score (nSPS) is 11.4. The molecule has 1 N–H and O–H groups in total. The van der Waals surface area contributed by atoms with E-state index in [0.29, 0.717) is 5.56 Å². The summed E-state index contributed by atoms with van der Waals surface area (Å²) in [5.41, 5.74) is 1.92. The number of amides is 1. The van der Waals surface area contributed by atoms with Gasteiger partial charge in [-0.05, 0) is 29.0 Å². The van der Waals surface area contributed by atoms with Crippen LogP contribution in [0.4, 0.5) is 13.2 Å². The fourth-order valence-corrected chi connectivity index (χ4v) is 2.74. The lowest BCUT2D eigenvalue weighted by Gasteiger charge is -2.16. The van der Waals surface area contributed by atoms with E-state index < -0.39 is 22.7 Å². The molecule has 28 heavy (non-hydrogen) atoms. The van der Waals surface area contributed by atoms with Crippen molar-refractivity contribution >= 4 is 17.5 Å². The highest BCUT2D eigenvalue weighted by Gasteiger charge is 2.34. The first-order chi connectivity index (χ1) is 13.2. The Bertz CT molecular complexity index is 1040. The molecule has 0 aliphatic heterocycles. The lowest BCUT2D eigenvalue weighted by Crippen LogP contribution is -2.24. The van der Waals surface area contributed by atoms with Crippen LogP contribution >= 0.6 is 11.6 Å². The average molecular weight is 412 g/mol. The monoisotopic (exact) mass is 411 g/mol. The zero-order chi connectivity index (χ0) is 20.5. The molecule has 0 bridgehead atoms. The number of aryl methyl sites for hydroxylation is 1. The van der Waals surface area contributed by atoms with Gasteiger partial charge in [0.05, 0.1) is 17.6 Å². The van der Waals surface area contributed by atoms with Crippen molar-refractivity contribution < 1.29 is 22.8 Å². The highest BCUT2D eigenvalue weighted by molar-refractivity contribution is 6.31. The van der Waals surface area contributed by atoms with Gasteiger partial charge in [-0.2, -0.15) is 23.4 Å². The molecule has 3 aromatic rings. The predicted octanol–water partition coefficient (Wildman–Crippen LogP) is 3.65. The molecule has 0 spiro atoms. The Balaban J connectivity index is 2.23. The lowest BCUT2D eigenvalue weighted by molar-refractivity contribution is -0.137. The summed E-state index contributed by atoms with van der Waals surface area (Å²) in [7, 11) is 1.55. The molecule has 0 saturated heterocycles. The van der Waals surface area contributed by atoms with Gasteiger partial charge in [-0.25, -0.2) is 0 Å².